The first-order valence-electron chi connectivity index (χ1n) is 11.2. The molecule has 14 heteroatoms. The van der Waals surface area contributed by atoms with E-state index in [1.54, 1.807) is 24.4 Å². The highest BCUT2D eigenvalue weighted by atomic mass is 19.4. The second-order valence-corrected chi connectivity index (χ2v) is 8.76. The van der Waals surface area contributed by atoms with Gasteiger partial charge in [-0.15, -0.1) is 5.10 Å². The predicted molar refractivity (Wildman–Crippen MR) is 124 cm³/mol. The van der Waals surface area contributed by atoms with E-state index in [1.807, 2.05) is 0 Å². The first-order valence-corrected chi connectivity index (χ1v) is 11.2. The van der Waals surface area contributed by atoms with Crippen molar-refractivity contribution in [3.63, 3.8) is 0 Å². The lowest BCUT2D eigenvalue weighted by Gasteiger charge is -2.34. The minimum absolute atomic E-state index is 0.0169. The van der Waals surface area contributed by atoms with Gasteiger partial charge in [-0.1, -0.05) is 0 Å². The van der Waals surface area contributed by atoms with Crippen molar-refractivity contribution >= 4 is 34.4 Å². The lowest BCUT2D eigenvalue weighted by atomic mass is 10.0. The smallest absolute Gasteiger partial charge is 0.382 e. The molecule has 1 amide bonds. The number of amides is 1. The van der Waals surface area contributed by atoms with Gasteiger partial charge in [-0.3, -0.25) is 4.79 Å². The Labute approximate surface area is 202 Å². The Balaban J connectivity index is 1.46. The first kappa shape index (κ1) is 23.8. The van der Waals surface area contributed by atoms with E-state index in [0.29, 0.717) is 35.3 Å². The molecule has 2 atom stereocenters. The maximum atomic E-state index is 14.6. The number of likely N-dealkylation sites (tertiary alicyclic amines) is 1. The highest BCUT2D eigenvalue weighted by Crippen LogP contribution is 2.30. The van der Waals surface area contributed by atoms with Crippen LogP contribution in [0, 0.1) is 6.92 Å². The molecule has 1 saturated heterocycles. The number of carbonyl (C=O) groups is 1. The van der Waals surface area contributed by atoms with Gasteiger partial charge < -0.3 is 20.5 Å². The molecule has 0 aromatic carbocycles. The number of aromatic nitrogens is 6. The monoisotopic (exact) mass is 505 g/mol. The number of nitrogens with two attached hydrogens (primary N) is 1. The van der Waals surface area contributed by atoms with Crippen LogP contribution in [0.1, 0.15) is 19.2 Å². The third-order valence-electron chi connectivity index (χ3n) is 6.24. The zero-order valence-electron chi connectivity index (χ0n) is 19.4. The Morgan fingerprint density at radius 2 is 2.00 bits per heavy atom. The topological polar surface area (TPSA) is 119 Å². The highest BCUT2D eigenvalue weighted by Gasteiger charge is 2.32. The summed E-state index contributed by atoms with van der Waals surface area (Å²) in [6.45, 7) is 2.09. The Bertz CT molecular complexity index is 1460. The fraction of sp³-hybridized carbons (Fsp3) is 0.409. The normalized spacial score (nSPS) is 18.8. The molecule has 0 radical (unpaired) electrons. The Morgan fingerprint density at radius 1 is 1.22 bits per heavy atom. The number of nitrogens with zero attached hydrogens (tertiary/aromatic N) is 7. The number of fused-ring (bicyclic) bond motifs is 2. The molecule has 4 aromatic rings. The molecule has 5 rings (SSSR count). The van der Waals surface area contributed by atoms with E-state index >= 15 is 0 Å². The van der Waals surface area contributed by atoms with Crippen LogP contribution in [0.25, 0.3) is 27.9 Å². The number of nitrogen functional groups attached to an aromatic ring is 1. The molecule has 1 aliphatic heterocycles. The standard InChI is InChI=1S/C22H23F4N9O/c1-11-28-17-4-3-15(29-20(17)34(11)10-22(24,25)26)13-5-8-35-18(13)19(27)31-21(32-35)30-16-6-7-33(12(2)36)9-14(16)23/h3-5,8,14,16H,6-7,9-10H2,1-2H3,(H3,27,30,31,32)/t14-,16+/m1/s1. The Hall–Kier alpha value is -3.97. The van der Waals surface area contributed by atoms with Crippen molar-refractivity contribution in [3.8, 4) is 11.3 Å². The number of hydrogen-bond donors (Lipinski definition) is 2. The van der Waals surface area contributed by atoms with Crippen molar-refractivity contribution in [1.29, 1.82) is 0 Å². The maximum absolute atomic E-state index is 14.6. The van der Waals surface area contributed by atoms with E-state index < -0.39 is 24.9 Å². The summed E-state index contributed by atoms with van der Waals surface area (Å²) in [5.74, 6) is 0.230. The summed E-state index contributed by atoms with van der Waals surface area (Å²) in [5.41, 5.74) is 7.98. The summed E-state index contributed by atoms with van der Waals surface area (Å²) in [7, 11) is 0. The van der Waals surface area contributed by atoms with Crippen LogP contribution in [0.4, 0.5) is 29.3 Å². The number of aryl methyl sites for hydroxylation is 1. The fourth-order valence-corrected chi connectivity index (χ4v) is 4.47. The molecular weight excluding hydrogens is 482 g/mol. The van der Waals surface area contributed by atoms with Crippen LogP contribution < -0.4 is 11.1 Å². The molecule has 0 spiro atoms. The minimum Gasteiger partial charge on any atom is -0.382 e. The third-order valence-corrected chi connectivity index (χ3v) is 6.24. The third kappa shape index (κ3) is 4.38. The van der Waals surface area contributed by atoms with Crippen LogP contribution in [0.3, 0.4) is 0 Å². The molecule has 0 saturated carbocycles. The number of anilines is 2. The maximum Gasteiger partial charge on any atom is 0.406 e. The van der Waals surface area contributed by atoms with Crippen molar-refractivity contribution in [3.05, 3.63) is 30.2 Å². The average molecular weight is 505 g/mol. The molecule has 4 aromatic heterocycles. The summed E-state index contributed by atoms with van der Waals surface area (Å²) in [6.07, 6.45) is -3.73. The van der Waals surface area contributed by atoms with Gasteiger partial charge in [0, 0.05) is 25.2 Å². The molecule has 1 aliphatic rings. The summed E-state index contributed by atoms with van der Waals surface area (Å²) in [5, 5.41) is 7.33. The molecule has 10 nitrogen and oxygen atoms in total. The van der Waals surface area contributed by atoms with Crippen LogP contribution in [0.5, 0.6) is 0 Å². The number of rotatable bonds is 4. The summed E-state index contributed by atoms with van der Waals surface area (Å²) in [6, 6.07) is 4.33. The molecule has 1 fully saturated rings. The van der Waals surface area contributed by atoms with Gasteiger partial charge in [-0.2, -0.15) is 18.2 Å². The lowest BCUT2D eigenvalue weighted by molar-refractivity contribution is -0.140. The molecule has 0 aliphatic carbocycles. The van der Waals surface area contributed by atoms with Crippen LogP contribution in [0.15, 0.2) is 24.4 Å². The van der Waals surface area contributed by atoms with Crippen molar-refractivity contribution in [2.45, 2.75) is 45.2 Å². The van der Waals surface area contributed by atoms with Gasteiger partial charge in [0.2, 0.25) is 11.9 Å². The lowest BCUT2D eigenvalue weighted by Crippen LogP contribution is -2.49. The van der Waals surface area contributed by atoms with E-state index in [0.717, 1.165) is 4.57 Å². The van der Waals surface area contributed by atoms with Crippen molar-refractivity contribution in [1.82, 2.24) is 34.0 Å². The van der Waals surface area contributed by atoms with Gasteiger partial charge in [-0.25, -0.2) is 18.9 Å². The summed E-state index contributed by atoms with van der Waals surface area (Å²) >= 11 is 0. The van der Waals surface area contributed by atoms with Crippen LogP contribution >= 0.6 is 0 Å². The molecule has 190 valence electrons. The van der Waals surface area contributed by atoms with Gasteiger partial charge >= 0.3 is 6.18 Å². The quantitative estimate of drug-likeness (QED) is 0.409. The van der Waals surface area contributed by atoms with E-state index in [-0.39, 0.29) is 35.7 Å². The van der Waals surface area contributed by atoms with E-state index in [4.69, 9.17) is 5.73 Å². The number of pyridine rings is 1. The molecule has 3 N–H and O–H groups in total. The van der Waals surface area contributed by atoms with Crippen LogP contribution in [-0.2, 0) is 11.3 Å². The largest absolute Gasteiger partial charge is 0.406 e. The predicted octanol–water partition coefficient (Wildman–Crippen LogP) is 2.96. The SMILES string of the molecule is CC(=O)N1CC[C@H](Nc2nc(N)c3c(-c4ccc5nc(C)n(CC(F)(F)F)c5n4)ccn3n2)[C@H](F)C1. The van der Waals surface area contributed by atoms with Gasteiger partial charge in [0.15, 0.2) is 11.5 Å². The second kappa shape index (κ2) is 8.60. The minimum atomic E-state index is -4.43. The second-order valence-electron chi connectivity index (χ2n) is 8.76. The van der Waals surface area contributed by atoms with Crippen molar-refractivity contribution in [2.24, 2.45) is 0 Å². The van der Waals surface area contributed by atoms with E-state index in [1.165, 1.54) is 23.3 Å². The van der Waals surface area contributed by atoms with Crippen LogP contribution in [-0.4, -0.2) is 71.4 Å². The number of carbonyl (C=O) groups excluding carboxylic acids is 1. The number of halogens is 4. The molecule has 5 heterocycles. The van der Waals surface area contributed by atoms with Gasteiger partial charge in [-0.05, 0) is 31.5 Å². The van der Waals surface area contributed by atoms with Crippen molar-refractivity contribution in [2.75, 3.05) is 24.1 Å². The number of imidazole rings is 1. The van der Waals surface area contributed by atoms with Gasteiger partial charge in [0.1, 0.15) is 29.6 Å². The van der Waals surface area contributed by atoms with E-state index in [2.05, 4.69) is 25.4 Å². The zero-order valence-corrected chi connectivity index (χ0v) is 19.4. The Morgan fingerprint density at radius 3 is 2.69 bits per heavy atom. The van der Waals surface area contributed by atoms with Crippen molar-refractivity contribution < 1.29 is 22.4 Å². The number of piperidine rings is 1. The fourth-order valence-electron chi connectivity index (χ4n) is 4.47. The highest BCUT2D eigenvalue weighted by molar-refractivity contribution is 5.88. The number of nitrogens with one attached hydrogen (secondary N) is 1. The van der Waals surface area contributed by atoms with Crippen LogP contribution in [0.2, 0.25) is 0 Å². The summed E-state index contributed by atoms with van der Waals surface area (Å²) in [4.78, 5) is 25.8. The molecule has 0 bridgehead atoms. The number of alkyl halides is 4. The number of hydrogen-bond acceptors (Lipinski definition) is 7. The zero-order chi connectivity index (χ0) is 25.8. The van der Waals surface area contributed by atoms with Gasteiger partial charge in [0.05, 0.1) is 18.3 Å². The Kier molecular flexibility index (Phi) is 5.68. The molecular formula is C22H23F4N9O. The summed E-state index contributed by atoms with van der Waals surface area (Å²) < 4.78 is 56.4. The van der Waals surface area contributed by atoms with Gasteiger partial charge in [0.25, 0.3) is 0 Å². The molecule has 36 heavy (non-hydrogen) atoms. The average Bonchev–Trinajstić information content (AvgIpc) is 3.35. The van der Waals surface area contributed by atoms with E-state index in [9.17, 15) is 22.4 Å². The first-order chi connectivity index (χ1) is 17.0. The molecule has 0 unspecified atom stereocenters.